The molecule has 1 heterocycles. The molecule has 23 heavy (non-hydrogen) atoms. The van der Waals surface area contributed by atoms with Crippen LogP contribution in [0.2, 0.25) is 0 Å². The van der Waals surface area contributed by atoms with Crippen molar-refractivity contribution in [1.29, 1.82) is 5.26 Å². The summed E-state index contributed by atoms with van der Waals surface area (Å²) in [6.07, 6.45) is 3.33. The first kappa shape index (κ1) is 17.3. The summed E-state index contributed by atoms with van der Waals surface area (Å²) in [7, 11) is 0. The molecule has 1 saturated heterocycles. The molecule has 124 valence electrons. The van der Waals surface area contributed by atoms with Crippen LogP contribution in [0.1, 0.15) is 44.7 Å². The van der Waals surface area contributed by atoms with Crippen LogP contribution in [0.25, 0.3) is 0 Å². The molecule has 1 aliphatic rings. The van der Waals surface area contributed by atoms with Crippen molar-refractivity contribution in [2.24, 2.45) is 5.92 Å². The molecule has 1 aliphatic heterocycles. The number of carbonyl (C=O) groups excluding carboxylic acids is 1. The molecule has 2 rings (SSSR count). The van der Waals surface area contributed by atoms with Crippen molar-refractivity contribution in [2.45, 2.75) is 52.1 Å². The summed E-state index contributed by atoms with van der Waals surface area (Å²) in [5.41, 5.74) is 1.94. The quantitative estimate of drug-likeness (QED) is 0.849. The van der Waals surface area contributed by atoms with Crippen molar-refractivity contribution >= 4 is 6.09 Å². The van der Waals surface area contributed by atoms with Crippen molar-refractivity contribution in [3.63, 3.8) is 0 Å². The highest BCUT2D eigenvalue weighted by Gasteiger charge is 2.26. The average molecular weight is 314 g/mol. The Morgan fingerprint density at radius 3 is 2.30 bits per heavy atom. The van der Waals surface area contributed by atoms with Gasteiger partial charge >= 0.3 is 6.09 Å². The van der Waals surface area contributed by atoms with E-state index >= 15 is 0 Å². The van der Waals surface area contributed by atoms with E-state index in [-0.39, 0.29) is 6.09 Å². The second-order valence-corrected chi connectivity index (χ2v) is 7.27. The number of amides is 1. The van der Waals surface area contributed by atoms with Crippen molar-refractivity contribution < 1.29 is 9.53 Å². The summed E-state index contributed by atoms with van der Waals surface area (Å²) < 4.78 is 5.43. The third-order valence-electron chi connectivity index (χ3n) is 4.10. The molecule has 0 aromatic heterocycles. The highest BCUT2D eigenvalue weighted by atomic mass is 16.6. The minimum atomic E-state index is -0.431. The first-order chi connectivity index (χ1) is 10.9. The summed E-state index contributed by atoms with van der Waals surface area (Å²) in [5.74, 6) is 0.607. The predicted octanol–water partition coefficient (Wildman–Crippen LogP) is 3.94. The van der Waals surface area contributed by atoms with E-state index in [2.05, 4.69) is 18.2 Å². The summed E-state index contributed by atoms with van der Waals surface area (Å²) in [6.45, 7) is 7.23. The third kappa shape index (κ3) is 5.59. The van der Waals surface area contributed by atoms with Crippen molar-refractivity contribution in [3.8, 4) is 6.07 Å². The van der Waals surface area contributed by atoms with Crippen LogP contribution in [0.15, 0.2) is 24.3 Å². The molecule has 0 saturated carbocycles. The maximum Gasteiger partial charge on any atom is 0.410 e. The standard InChI is InChI=1S/C19H26N2O2/c1-19(2,3)23-18(22)21-12-9-17(10-13-21)14-16-6-4-15(5-7-16)8-11-20/h4-7,17H,8-10,12-14H2,1-3H3. The zero-order valence-corrected chi connectivity index (χ0v) is 14.3. The molecule has 0 N–H and O–H groups in total. The highest BCUT2D eigenvalue weighted by molar-refractivity contribution is 5.68. The van der Waals surface area contributed by atoms with E-state index in [1.165, 1.54) is 5.56 Å². The summed E-state index contributed by atoms with van der Waals surface area (Å²) >= 11 is 0. The van der Waals surface area contributed by atoms with E-state index in [1.807, 2.05) is 37.8 Å². The number of hydrogen-bond acceptors (Lipinski definition) is 3. The highest BCUT2D eigenvalue weighted by Crippen LogP contribution is 2.23. The van der Waals surface area contributed by atoms with Gasteiger partial charge in [0, 0.05) is 13.1 Å². The molecule has 0 unspecified atom stereocenters. The van der Waals surface area contributed by atoms with Gasteiger partial charge in [0.1, 0.15) is 5.60 Å². The molecule has 0 aliphatic carbocycles. The van der Waals surface area contributed by atoms with Crippen LogP contribution in [-0.2, 0) is 17.6 Å². The first-order valence-electron chi connectivity index (χ1n) is 8.30. The number of rotatable bonds is 3. The largest absolute Gasteiger partial charge is 0.444 e. The topological polar surface area (TPSA) is 53.3 Å². The normalized spacial score (nSPS) is 16.0. The Hall–Kier alpha value is -2.02. The smallest absolute Gasteiger partial charge is 0.410 e. The van der Waals surface area contributed by atoms with Gasteiger partial charge in [-0.15, -0.1) is 0 Å². The van der Waals surface area contributed by atoms with Gasteiger partial charge in [-0.1, -0.05) is 24.3 Å². The lowest BCUT2D eigenvalue weighted by molar-refractivity contribution is 0.0184. The van der Waals surface area contributed by atoms with Crippen molar-refractivity contribution in [3.05, 3.63) is 35.4 Å². The molecule has 0 atom stereocenters. The monoisotopic (exact) mass is 314 g/mol. The molecule has 1 aromatic rings. The number of nitrogens with zero attached hydrogens (tertiary/aromatic N) is 2. The zero-order valence-electron chi connectivity index (χ0n) is 14.3. The van der Waals surface area contributed by atoms with Crippen LogP contribution in [-0.4, -0.2) is 29.7 Å². The number of nitriles is 1. The lowest BCUT2D eigenvalue weighted by Gasteiger charge is -2.33. The van der Waals surface area contributed by atoms with Gasteiger partial charge in [-0.3, -0.25) is 0 Å². The number of hydrogen-bond donors (Lipinski definition) is 0. The lowest BCUT2D eigenvalue weighted by Crippen LogP contribution is -2.42. The fourth-order valence-electron chi connectivity index (χ4n) is 2.86. The number of benzene rings is 1. The second kappa shape index (κ2) is 7.50. The molecule has 0 bridgehead atoms. The maximum absolute atomic E-state index is 12.1. The van der Waals surface area contributed by atoms with Gasteiger partial charge in [-0.05, 0) is 57.1 Å². The van der Waals surface area contributed by atoms with Gasteiger partial charge in [0.15, 0.2) is 0 Å². The molecule has 0 radical (unpaired) electrons. The Morgan fingerprint density at radius 1 is 1.22 bits per heavy atom. The maximum atomic E-state index is 12.1. The van der Waals surface area contributed by atoms with Crippen LogP contribution in [0.4, 0.5) is 4.79 Å². The van der Waals surface area contributed by atoms with Gasteiger partial charge in [-0.25, -0.2) is 4.79 Å². The van der Waals surface area contributed by atoms with Crippen molar-refractivity contribution in [1.82, 2.24) is 4.90 Å². The van der Waals surface area contributed by atoms with Gasteiger partial charge in [0.25, 0.3) is 0 Å². The molecular weight excluding hydrogens is 288 g/mol. The number of ether oxygens (including phenoxy) is 1. The minimum Gasteiger partial charge on any atom is -0.444 e. The predicted molar refractivity (Wildman–Crippen MR) is 90.0 cm³/mol. The number of piperidine rings is 1. The van der Waals surface area contributed by atoms with E-state index < -0.39 is 5.60 Å². The molecule has 1 amide bonds. The van der Waals surface area contributed by atoms with Gasteiger partial charge in [0.05, 0.1) is 12.5 Å². The second-order valence-electron chi connectivity index (χ2n) is 7.27. The number of carbonyl (C=O) groups is 1. The van der Waals surface area contributed by atoms with E-state index in [9.17, 15) is 4.79 Å². The van der Waals surface area contributed by atoms with Crippen LogP contribution >= 0.6 is 0 Å². The van der Waals surface area contributed by atoms with Crippen LogP contribution in [0, 0.1) is 17.2 Å². The van der Waals surface area contributed by atoms with E-state index in [4.69, 9.17) is 10.00 Å². The third-order valence-corrected chi connectivity index (χ3v) is 4.10. The van der Waals surface area contributed by atoms with Gasteiger partial charge < -0.3 is 9.64 Å². The summed E-state index contributed by atoms with van der Waals surface area (Å²) in [5, 5.41) is 8.70. The summed E-state index contributed by atoms with van der Waals surface area (Å²) in [4.78, 5) is 13.9. The summed E-state index contributed by atoms with van der Waals surface area (Å²) in [6, 6.07) is 10.5. The van der Waals surface area contributed by atoms with Crippen LogP contribution in [0.3, 0.4) is 0 Å². The molecule has 4 nitrogen and oxygen atoms in total. The fourth-order valence-corrected chi connectivity index (χ4v) is 2.86. The SMILES string of the molecule is CC(C)(C)OC(=O)N1CCC(Cc2ccc(CC#N)cc2)CC1. The Balaban J connectivity index is 1.80. The van der Waals surface area contributed by atoms with Crippen LogP contribution in [0.5, 0.6) is 0 Å². The Labute approximate surface area is 139 Å². The fraction of sp³-hybridized carbons (Fsp3) is 0.579. The minimum absolute atomic E-state index is 0.197. The molecular formula is C19H26N2O2. The molecule has 4 heteroatoms. The van der Waals surface area contributed by atoms with E-state index in [1.54, 1.807) is 0 Å². The Kier molecular flexibility index (Phi) is 5.65. The lowest BCUT2D eigenvalue weighted by atomic mass is 9.90. The van der Waals surface area contributed by atoms with E-state index in [0.29, 0.717) is 12.3 Å². The van der Waals surface area contributed by atoms with Gasteiger partial charge in [-0.2, -0.15) is 5.26 Å². The van der Waals surface area contributed by atoms with Crippen LogP contribution < -0.4 is 0 Å². The first-order valence-corrected chi connectivity index (χ1v) is 8.30. The molecule has 1 aromatic carbocycles. The average Bonchev–Trinajstić information content (AvgIpc) is 2.48. The molecule has 1 fully saturated rings. The van der Waals surface area contributed by atoms with Crippen molar-refractivity contribution in [2.75, 3.05) is 13.1 Å². The van der Waals surface area contributed by atoms with E-state index in [0.717, 1.165) is 37.9 Å². The zero-order chi connectivity index (χ0) is 16.9. The Bertz CT molecular complexity index is 559. The number of likely N-dealkylation sites (tertiary alicyclic amines) is 1. The Morgan fingerprint density at radius 2 is 1.78 bits per heavy atom. The molecule has 0 spiro atoms. The van der Waals surface area contributed by atoms with Gasteiger partial charge in [0.2, 0.25) is 0 Å².